The first-order valence-corrected chi connectivity index (χ1v) is 5.97. The number of Topliss-reactive ketones (excluding diaryl/α,β-unsaturated/α-hetero) is 1. The second-order valence-corrected chi connectivity index (χ2v) is 4.53. The number of anilines is 1. The minimum atomic E-state index is 0.108. The van der Waals surface area contributed by atoms with E-state index < -0.39 is 0 Å². The molecular formula is C14H13ClN2O. The summed E-state index contributed by atoms with van der Waals surface area (Å²) in [5.74, 6) is 0.108. The zero-order valence-corrected chi connectivity index (χ0v) is 10.5. The summed E-state index contributed by atoms with van der Waals surface area (Å²) in [6.45, 7) is 0. The van der Waals surface area contributed by atoms with E-state index in [1.807, 2.05) is 12.1 Å². The van der Waals surface area contributed by atoms with E-state index in [-0.39, 0.29) is 5.78 Å². The van der Waals surface area contributed by atoms with Crippen LogP contribution in [0.3, 0.4) is 0 Å². The van der Waals surface area contributed by atoms with E-state index in [4.69, 9.17) is 17.3 Å². The number of nitrogens with two attached hydrogens (primary N) is 1. The lowest BCUT2D eigenvalue weighted by atomic mass is 10.0. The molecule has 2 aromatic rings. The first-order valence-electron chi connectivity index (χ1n) is 5.59. The molecule has 0 aliphatic carbocycles. The largest absolute Gasteiger partial charge is 0.398 e. The summed E-state index contributed by atoms with van der Waals surface area (Å²) >= 11 is 5.79. The van der Waals surface area contributed by atoms with Gasteiger partial charge in [0.25, 0.3) is 0 Å². The molecule has 0 unspecified atom stereocenters. The number of nitrogen functional groups attached to an aromatic ring is 1. The Bertz CT molecular complexity index is 552. The predicted octanol–water partition coefficient (Wildman–Crippen LogP) is 2.67. The fourth-order valence-electron chi connectivity index (χ4n) is 1.69. The number of ketones is 1. The Morgan fingerprint density at radius 2 is 1.89 bits per heavy atom. The highest BCUT2D eigenvalue weighted by Gasteiger charge is 2.07. The third kappa shape index (κ3) is 3.31. The summed E-state index contributed by atoms with van der Waals surface area (Å²) in [4.78, 5) is 15.9. The molecule has 1 aromatic carbocycles. The lowest BCUT2D eigenvalue weighted by Gasteiger charge is -2.04. The minimum absolute atomic E-state index is 0.108. The van der Waals surface area contributed by atoms with Crippen LogP contribution >= 0.6 is 11.6 Å². The summed E-state index contributed by atoms with van der Waals surface area (Å²) in [6, 6.07) is 8.97. The van der Waals surface area contributed by atoms with Gasteiger partial charge in [0.05, 0.1) is 0 Å². The average Bonchev–Trinajstić information content (AvgIpc) is 2.35. The van der Waals surface area contributed by atoms with Crippen LogP contribution < -0.4 is 5.73 Å². The van der Waals surface area contributed by atoms with Gasteiger partial charge in [-0.3, -0.25) is 9.78 Å². The van der Waals surface area contributed by atoms with Crippen LogP contribution in [-0.2, 0) is 17.6 Å². The van der Waals surface area contributed by atoms with Crippen molar-refractivity contribution in [3.63, 3.8) is 0 Å². The molecule has 0 saturated heterocycles. The van der Waals surface area contributed by atoms with E-state index in [1.165, 1.54) is 0 Å². The van der Waals surface area contributed by atoms with Gasteiger partial charge < -0.3 is 5.73 Å². The van der Waals surface area contributed by atoms with Crippen LogP contribution in [0.2, 0.25) is 5.02 Å². The summed E-state index contributed by atoms with van der Waals surface area (Å²) < 4.78 is 0. The Kier molecular flexibility index (Phi) is 3.95. The molecule has 92 valence electrons. The van der Waals surface area contributed by atoms with Crippen LogP contribution in [0.25, 0.3) is 0 Å². The van der Waals surface area contributed by atoms with Crippen LogP contribution in [0.15, 0.2) is 42.7 Å². The molecule has 3 nitrogen and oxygen atoms in total. The molecule has 4 heteroatoms. The first kappa shape index (κ1) is 12.6. The fourth-order valence-corrected chi connectivity index (χ4v) is 1.82. The third-order valence-corrected chi connectivity index (χ3v) is 2.90. The van der Waals surface area contributed by atoms with Gasteiger partial charge in [-0.25, -0.2) is 0 Å². The molecule has 1 aromatic heterocycles. The summed E-state index contributed by atoms with van der Waals surface area (Å²) in [5, 5.41) is 0.669. The van der Waals surface area contributed by atoms with Crippen LogP contribution in [0.5, 0.6) is 0 Å². The standard InChI is InChI=1S/C14H13ClN2O/c15-12-3-1-10(2-4-12)7-13(18)8-11-9-17-6-5-14(11)16/h1-6,9H,7-8H2,(H2,16,17). The van der Waals surface area contributed by atoms with Crippen molar-refractivity contribution in [2.45, 2.75) is 12.8 Å². The highest BCUT2D eigenvalue weighted by molar-refractivity contribution is 6.30. The van der Waals surface area contributed by atoms with Crippen molar-refractivity contribution in [2.75, 3.05) is 5.73 Å². The van der Waals surface area contributed by atoms with E-state index in [2.05, 4.69) is 4.98 Å². The second kappa shape index (κ2) is 5.65. The van der Waals surface area contributed by atoms with E-state index >= 15 is 0 Å². The summed E-state index contributed by atoms with van der Waals surface area (Å²) in [6.07, 6.45) is 3.94. The number of halogens is 1. The number of benzene rings is 1. The molecule has 0 spiro atoms. The minimum Gasteiger partial charge on any atom is -0.398 e. The molecule has 0 amide bonds. The lowest BCUT2D eigenvalue weighted by molar-refractivity contribution is -0.117. The van der Waals surface area contributed by atoms with Gasteiger partial charge in [0.15, 0.2) is 0 Å². The number of aromatic nitrogens is 1. The SMILES string of the molecule is Nc1ccncc1CC(=O)Cc1ccc(Cl)cc1. The molecule has 2 N–H and O–H groups in total. The van der Waals surface area contributed by atoms with E-state index in [9.17, 15) is 4.79 Å². The maximum atomic E-state index is 11.9. The summed E-state index contributed by atoms with van der Waals surface area (Å²) in [7, 11) is 0. The monoisotopic (exact) mass is 260 g/mol. The number of carbonyl (C=O) groups excluding carboxylic acids is 1. The Balaban J connectivity index is 2.01. The van der Waals surface area contributed by atoms with Crippen molar-refractivity contribution in [1.82, 2.24) is 4.98 Å². The van der Waals surface area contributed by atoms with Gasteiger partial charge in [0.2, 0.25) is 0 Å². The smallest absolute Gasteiger partial charge is 0.141 e. The van der Waals surface area contributed by atoms with Gasteiger partial charge in [-0.05, 0) is 23.8 Å². The first-order chi connectivity index (χ1) is 8.65. The number of rotatable bonds is 4. The Morgan fingerprint density at radius 3 is 2.56 bits per heavy atom. The maximum absolute atomic E-state index is 11.9. The van der Waals surface area contributed by atoms with Crippen molar-refractivity contribution in [2.24, 2.45) is 0 Å². The molecule has 0 aliphatic rings. The van der Waals surface area contributed by atoms with Gasteiger partial charge >= 0.3 is 0 Å². The summed E-state index contributed by atoms with van der Waals surface area (Å²) in [5.41, 5.74) is 8.10. The third-order valence-electron chi connectivity index (χ3n) is 2.64. The molecule has 18 heavy (non-hydrogen) atoms. The van der Waals surface area contributed by atoms with Crippen molar-refractivity contribution >= 4 is 23.1 Å². The predicted molar refractivity (Wildman–Crippen MR) is 72.5 cm³/mol. The molecule has 1 heterocycles. The van der Waals surface area contributed by atoms with Gasteiger partial charge in [-0.15, -0.1) is 0 Å². The highest BCUT2D eigenvalue weighted by Crippen LogP contribution is 2.13. The number of hydrogen-bond acceptors (Lipinski definition) is 3. The second-order valence-electron chi connectivity index (χ2n) is 4.09. The molecule has 0 atom stereocenters. The maximum Gasteiger partial charge on any atom is 0.141 e. The van der Waals surface area contributed by atoms with Crippen LogP contribution in [0.4, 0.5) is 5.69 Å². The molecule has 0 bridgehead atoms. The molecule has 0 aliphatic heterocycles. The average molecular weight is 261 g/mol. The van der Waals surface area contributed by atoms with E-state index in [1.54, 1.807) is 30.6 Å². The Morgan fingerprint density at radius 1 is 1.17 bits per heavy atom. The van der Waals surface area contributed by atoms with Crippen molar-refractivity contribution in [3.05, 3.63) is 58.9 Å². The van der Waals surface area contributed by atoms with Gasteiger partial charge in [-0.2, -0.15) is 0 Å². The number of pyridine rings is 1. The Hall–Kier alpha value is -1.87. The molecule has 0 radical (unpaired) electrons. The lowest BCUT2D eigenvalue weighted by Crippen LogP contribution is -2.08. The number of nitrogens with zero attached hydrogens (tertiary/aromatic N) is 1. The number of carbonyl (C=O) groups is 1. The van der Waals surface area contributed by atoms with Crippen LogP contribution in [0, 0.1) is 0 Å². The van der Waals surface area contributed by atoms with Crippen molar-refractivity contribution < 1.29 is 4.79 Å². The quantitative estimate of drug-likeness (QED) is 0.920. The fraction of sp³-hybridized carbons (Fsp3) is 0.143. The van der Waals surface area contributed by atoms with E-state index in [0.717, 1.165) is 11.1 Å². The van der Waals surface area contributed by atoms with Gasteiger partial charge in [0.1, 0.15) is 5.78 Å². The zero-order valence-electron chi connectivity index (χ0n) is 9.77. The molecular weight excluding hydrogens is 248 g/mol. The van der Waals surface area contributed by atoms with Gasteiger partial charge in [0, 0.05) is 41.5 Å². The van der Waals surface area contributed by atoms with Gasteiger partial charge in [-0.1, -0.05) is 23.7 Å². The number of hydrogen-bond donors (Lipinski definition) is 1. The normalized spacial score (nSPS) is 10.3. The van der Waals surface area contributed by atoms with Crippen LogP contribution in [0.1, 0.15) is 11.1 Å². The van der Waals surface area contributed by atoms with Crippen LogP contribution in [-0.4, -0.2) is 10.8 Å². The zero-order chi connectivity index (χ0) is 13.0. The molecule has 0 fully saturated rings. The highest BCUT2D eigenvalue weighted by atomic mass is 35.5. The van der Waals surface area contributed by atoms with E-state index in [0.29, 0.717) is 23.6 Å². The topological polar surface area (TPSA) is 56.0 Å². The molecule has 2 rings (SSSR count). The van der Waals surface area contributed by atoms with Crippen molar-refractivity contribution in [1.29, 1.82) is 0 Å². The van der Waals surface area contributed by atoms with Crippen molar-refractivity contribution in [3.8, 4) is 0 Å². The molecule has 0 saturated carbocycles. The Labute approximate surface area is 111 Å².